The number of rotatable bonds is 8. The highest BCUT2D eigenvalue weighted by molar-refractivity contribution is 7.99. The maximum atomic E-state index is 12.8. The maximum Gasteiger partial charge on any atom is 0.230 e. The molecule has 5 rings (SSSR count). The van der Waals surface area contributed by atoms with Crippen molar-refractivity contribution in [1.82, 2.24) is 25.1 Å². The molecule has 1 amide bonds. The van der Waals surface area contributed by atoms with Gasteiger partial charge in [0.15, 0.2) is 11.0 Å². The van der Waals surface area contributed by atoms with Crippen molar-refractivity contribution < 1.29 is 4.79 Å². The Kier molecular flexibility index (Phi) is 6.86. The fraction of sp³-hybridized carbons (Fsp3) is 0.143. The molecule has 2 aromatic heterocycles. The number of carbonyl (C=O) groups is 1. The van der Waals surface area contributed by atoms with Crippen molar-refractivity contribution in [2.45, 2.75) is 24.7 Å². The number of nitrogens with one attached hydrogen (secondary N) is 1. The van der Waals surface area contributed by atoms with Crippen LogP contribution in [0.1, 0.15) is 24.1 Å². The van der Waals surface area contributed by atoms with E-state index in [1.165, 1.54) is 17.1 Å². The molecule has 2 heterocycles. The predicted octanol–water partition coefficient (Wildman–Crippen LogP) is 5.51. The molecule has 5 aromatic rings. The van der Waals surface area contributed by atoms with Gasteiger partial charge >= 0.3 is 0 Å². The van der Waals surface area contributed by atoms with Crippen molar-refractivity contribution in [1.29, 1.82) is 0 Å². The van der Waals surface area contributed by atoms with Crippen LogP contribution in [-0.2, 0) is 11.3 Å². The van der Waals surface area contributed by atoms with Gasteiger partial charge in [0.2, 0.25) is 5.91 Å². The van der Waals surface area contributed by atoms with Gasteiger partial charge < -0.3 is 5.32 Å². The minimum Gasteiger partial charge on any atom is -0.349 e. The summed E-state index contributed by atoms with van der Waals surface area (Å²) in [6, 6.07) is 28.4. The second-order valence-corrected chi connectivity index (χ2v) is 9.25. The van der Waals surface area contributed by atoms with Gasteiger partial charge in [-0.05, 0) is 47.0 Å². The molecule has 0 aliphatic carbocycles. The number of pyridine rings is 1. The molecule has 6 nitrogen and oxygen atoms in total. The average Bonchev–Trinajstić information content (AvgIpc) is 3.30. The van der Waals surface area contributed by atoms with Crippen LogP contribution in [0.4, 0.5) is 0 Å². The lowest BCUT2D eigenvalue weighted by atomic mass is 10.0. The first-order chi connectivity index (χ1) is 17.2. The molecule has 0 saturated heterocycles. The van der Waals surface area contributed by atoms with E-state index in [1.54, 1.807) is 12.4 Å². The van der Waals surface area contributed by atoms with Crippen molar-refractivity contribution in [2.75, 3.05) is 5.75 Å². The van der Waals surface area contributed by atoms with E-state index >= 15 is 0 Å². The topological polar surface area (TPSA) is 72.7 Å². The summed E-state index contributed by atoms with van der Waals surface area (Å²) in [6.07, 6.45) is 3.51. The Labute approximate surface area is 208 Å². The summed E-state index contributed by atoms with van der Waals surface area (Å²) >= 11 is 1.39. The van der Waals surface area contributed by atoms with Gasteiger partial charge in [0.05, 0.1) is 18.3 Å². The van der Waals surface area contributed by atoms with Crippen LogP contribution in [0.5, 0.6) is 0 Å². The maximum absolute atomic E-state index is 12.8. The monoisotopic (exact) mass is 479 g/mol. The van der Waals surface area contributed by atoms with E-state index in [0.717, 1.165) is 27.9 Å². The lowest BCUT2D eigenvalue weighted by molar-refractivity contribution is -0.119. The van der Waals surface area contributed by atoms with E-state index in [0.29, 0.717) is 11.7 Å². The molecule has 174 valence electrons. The molecule has 1 N–H and O–H groups in total. The second-order valence-electron chi connectivity index (χ2n) is 8.30. The molecule has 1 unspecified atom stereocenters. The van der Waals surface area contributed by atoms with E-state index in [2.05, 4.69) is 63.0 Å². The zero-order valence-electron chi connectivity index (χ0n) is 19.3. The van der Waals surface area contributed by atoms with E-state index in [9.17, 15) is 4.79 Å². The van der Waals surface area contributed by atoms with Crippen molar-refractivity contribution in [2.24, 2.45) is 0 Å². The molecule has 0 saturated carbocycles. The van der Waals surface area contributed by atoms with E-state index in [-0.39, 0.29) is 17.7 Å². The Hall–Kier alpha value is -3.97. The van der Waals surface area contributed by atoms with Gasteiger partial charge in [-0.25, -0.2) is 0 Å². The van der Waals surface area contributed by atoms with Crippen LogP contribution in [0.2, 0.25) is 0 Å². The quantitative estimate of drug-likeness (QED) is 0.297. The first kappa shape index (κ1) is 22.8. The summed E-state index contributed by atoms with van der Waals surface area (Å²) in [7, 11) is 0. The second kappa shape index (κ2) is 10.5. The Balaban J connectivity index is 1.30. The van der Waals surface area contributed by atoms with Gasteiger partial charge in [0, 0.05) is 18.0 Å². The lowest BCUT2D eigenvalue weighted by Gasteiger charge is -2.15. The van der Waals surface area contributed by atoms with Gasteiger partial charge in [-0.1, -0.05) is 78.5 Å². The normalized spacial score (nSPS) is 11.9. The summed E-state index contributed by atoms with van der Waals surface area (Å²) in [5.41, 5.74) is 3.10. The van der Waals surface area contributed by atoms with Crippen LogP contribution in [0.15, 0.2) is 102 Å². The number of thioether (sulfide) groups is 1. The van der Waals surface area contributed by atoms with Crippen LogP contribution in [0, 0.1) is 0 Å². The average molecular weight is 480 g/mol. The largest absolute Gasteiger partial charge is 0.349 e. The van der Waals surface area contributed by atoms with Crippen LogP contribution >= 0.6 is 11.8 Å². The number of fused-ring (bicyclic) bond motifs is 1. The smallest absolute Gasteiger partial charge is 0.230 e. The number of hydrogen-bond donors (Lipinski definition) is 1. The minimum absolute atomic E-state index is 0.0483. The Bertz CT molecular complexity index is 1440. The highest BCUT2D eigenvalue weighted by Crippen LogP contribution is 2.25. The summed E-state index contributed by atoms with van der Waals surface area (Å²) < 4.78 is 2.04. The predicted molar refractivity (Wildman–Crippen MR) is 140 cm³/mol. The number of carbonyl (C=O) groups excluding carboxylic acids is 1. The molecule has 0 bridgehead atoms. The third kappa shape index (κ3) is 5.41. The molecular weight excluding hydrogens is 454 g/mol. The standard InChI is InChI=1S/C28H25N5OS/c1-20(23-14-13-22-10-5-6-11-24(22)16-23)30-26(34)19-35-28-32-31-27(25-12-7-15-29-17-25)33(28)18-21-8-3-2-4-9-21/h2-17,20H,18-19H2,1H3,(H,30,34). The van der Waals surface area contributed by atoms with Crippen LogP contribution < -0.4 is 5.32 Å². The van der Waals surface area contributed by atoms with Gasteiger partial charge in [-0.15, -0.1) is 10.2 Å². The molecule has 1 atom stereocenters. The molecule has 0 aliphatic heterocycles. The fourth-order valence-corrected chi connectivity index (χ4v) is 4.74. The first-order valence-corrected chi connectivity index (χ1v) is 12.4. The summed E-state index contributed by atoms with van der Waals surface area (Å²) in [5, 5.41) is 15.0. The van der Waals surface area contributed by atoms with Crippen molar-refractivity contribution >= 4 is 28.4 Å². The van der Waals surface area contributed by atoms with E-state index in [4.69, 9.17) is 0 Å². The van der Waals surface area contributed by atoms with E-state index in [1.807, 2.05) is 54.0 Å². The van der Waals surface area contributed by atoms with Crippen LogP contribution in [-0.4, -0.2) is 31.4 Å². The molecule has 7 heteroatoms. The molecule has 35 heavy (non-hydrogen) atoms. The van der Waals surface area contributed by atoms with Gasteiger partial charge in [0.25, 0.3) is 0 Å². The molecule has 0 fully saturated rings. The lowest BCUT2D eigenvalue weighted by Crippen LogP contribution is -2.28. The number of benzene rings is 3. The van der Waals surface area contributed by atoms with Crippen LogP contribution in [0.25, 0.3) is 22.2 Å². The molecule has 0 aliphatic rings. The van der Waals surface area contributed by atoms with Crippen LogP contribution in [0.3, 0.4) is 0 Å². The van der Waals surface area contributed by atoms with E-state index < -0.39 is 0 Å². The fourth-order valence-electron chi connectivity index (χ4n) is 3.99. The highest BCUT2D eigenvalue weighted by atomic mass is 32.2. The third-order valence-corrected chi connectivity index (χ3v) is 6.77. The SMILES string of the molecule is CC(NC(=O)CSc1nnc(-c2cccnc2)n1Cc1ccccc1)c1ccc2ccccc2c1. The Morgan fingerprint density at radius 2 is 1.74 bits per heavy atom. The number of amides is 1. The number of aromatic nitrogens is 4. The molecule has 0 spiro atoms. The zero-order chi connectivity index (χ0) is 24.0. The van der Waals surface area contributed by atoms with Crippen molar-refractivity contribution in [3.63, 3.8) is 0 Å². The Morgan fingerprint density at radius 1 is 0.943 bits per heavy atom. The number of nitrogens with zero attached hydrogens (tertiary/aromatic N) is 4. The highest BCUT2D eigenvalue weighted by Gasteiger charge is 2.17. The van der Waals surface area contributed by atoms with Crippen molar-refractivity contribution in [3.8, 4) is 11.4 Å². The third-order valence-electron chi connectivity index (χ3n) is 5.80. The first-order valence-electron chi connectivity index (χ1n) is 11.5. The number of hydrogen-bond acceptors (Lipinski definition) is 5. The van der Waals surface area contributed by atoms with Gasteiger partial charge in [-0.3, -0.25) is 14.3 Å². The minimum atomic E-state index is -0.0964. The molecule has 3 aromatic carbocycles. The molecule has 0 radical (unpaired) electrons. The van der Waals surface area contributed by atoms with Gasteiger partial charge in [0.1, 0.15) is 0 Å². The summed E-state index contributed by atoms with van der Waals surface area (Å²) in [6.45, 7) is 2.61. The Morgan fingerprint density at radius 3 is 2.54 bits per heavy atom. The summed E-state index contributed by atoms with van der Waals surface area (Å²) in [5.74, 6) is 0.931. The zero-order valence-corrected chi connectivity index (χ0v) is 20.2. The summed E-state index contributed by atoms with van der Waals surface area (Å²) in [4.78, 5) is 17.0. The van der Waals surface area contributed by atoms with Crippen molar-refractivity contribution in [3.05, 3.63) is 108 Å². The van der Waals surface area contributed by atoms with Gasteiger partial charge in [-0.2, -0.15) is 0 Å². The molecular formula is C28H25N5OS.